The van der Waals surface area contributed by atoms with Gasteiger partial charge in [0.05, 0.1) is 7.11 Å². The first-order chi connectivity index (χ1) is 12.1. The molecule has 128 valence electrons. The molecule has 1 atom stereocenters. The zero-order valence-electron chi connectivity index (χ0n) is 13.5. The van der Waals surface area contributed by atoms with Gasteiger partial charge in [-0.05, 0) is 36.2 Å². The molecular formula is C18H17N3O4. The molecular weight excluding hydrogens is 322 g/mol. The first-order valence-corrected chi connectivity index (χ1v) is 7.62. The van der Waals surface area contributed by atoms with Crippen LogP contribution in [-0.2, 0) is 11.2 Å². The van der Waals surface area contributed by atoms with Crippen LogP contribution in [-0.4, -0.2) is 34.4 Å². The summed E-state index contributed by atoms with van der Waals surface area (Å²) >= 11 is 0. The second-order valence-electron chi connectivity index (χ2n) is 5.50. The molecule has 3 aromatic rings. The summed E-state index contributed by atoms with van der Waals surface area (Å²) in [5.41, 5.74) is 7.94. The number of ether oxygens (including phenoxy) is 1. The fourth-order valence-corrected chi connectivity index (χ4v) is 2.32. The van der Waals surface area contributed by atoms with Gasteiger partial charge < -0.3 is 20.1 Å². The highest BCUT2D eigenvalue weighted by atomic mass is 16.5. The van der Waals surface area contributed by atoms with Gasteiger partial charge in [-0.3, -0.25) is 4.79 Å². The second-order valence-corrected chi connectivity index (χ2v) is 5.50. The van der Waals surface area contributed by atoms with E-state index >= 15 is 0 Å². The van der Waals surface area contributed by atoms with Crippen molar-refractivity contribution in [2.45, 2.75) is 12.5 Å². The molecule has 0 saturated carbocycles. The number of aromatic nitrogens is 2. The van der Waals surface area contributed by atoms with E-state index in [0.717, 1.165) is 22.4 Å². The molecule has 0 aliphatic carbocycles. The number of benzene rings is 2. The van der Waals surface area contributed by atoms with Gasteiger partial charge in [-0.1, -0.05) is 29.4 Å². The molecule has 1 heterocycles. The number of carbonyl (C=O) groups is 1. The predicted octanol–water partition coefficient (Wildman–Crippen LogP) is 2.37. The molecule has 0 aliphatic heterocycles. The molecule has 0 aliphatic rings. The minimum atomic E-state index is -1.02. The molecule has 1 aromatic heterocycles. The molecule has 2 aromatic carbocycles. The van der Waals surface area contributed by atoms with E-state index in [1.165, 1.54) is 0 Å². The summed E-state index contributed by atoms with van der Waals surface area (Å²) in [5.74, 6) is 0.597. The van der Waals surface area contributed by atoms with Crippen LogP contribution in [0.15, 0.2) is 53.1 Å². The van der Waals surface area contributed by atoms with Crippen molar-refractivity contribution in [1.82, 2.24) is 10.1 Å². The van der Waals surface area contributed by atoms with Crippen molar-refractivity contribution in [1.29, 1.82) is 0 Å². The lowest BCUT2D eigenvalue weighted by atomic mass is 10.0. The normalized spacial score (nSPS) is 11.9. The van der Waals surface area contributed by atoms with Crippen LogP contribution < -0.4 is 10.5 Å². The summed E-state index contributed by atoms with van der Waals surface area (Å²) in [5, 5.41) is 12.8. The van der Waals surface area contributed by atoms with Gasteiger partial charge in [-0.15, -0.1) is 0 Å². The van der Waals surface area contributed by atoms with Crippen LogP contribution in [0.3, 0.4) is 0 Å². The van der Waals surface area contributed by atoms with E-state index in [1.807, 2.05) is 48.5 Å². The summed E-state index contributed by atoms with van der Waals surface area (Å²) < 4.78 is 10.4. The third-order valence-electron chi connectivity index (χ3n) is 3.75. The zero-order chi connectivity index (χ0) is 17.8. The molecule has 0 saturated heterocycles. The lowest BCUT2D eigenvalue weighted by Gasteiger charge is -2.06. The average molecular weight is 339 g/mol. The largest absolute Gasteiger partial charge is 0.497 e. The van der Waals surface area contributed by atoms with Crippen molar-refractivity contribution in [3.05, 3.63) is 54.1 Å². The Morgan fingerprint density at radius 1 is 1.16 bits per heavy atom. The van der Waals surface area contributed by atoms with E-state index in [2.05, 4.69) is 10.1 Å². The smallest absolute Gasteiger partial charge is 0.320 e. The molecule has 0 bridgehead atoms. The van der Waals surface area contributed by atoms with Gasteiger partial charge >= 0.3 is 5.97 Å². The fourth-order valence-electron chi connectivity index (χ4n) is 2.32. The Kier molecular flexibility index (Phi) is 4.76. The quantitative estimate of drug-likeness (QED) is 0.709. The first-order valence-electron chi connectivity index (χ1n) is 7.62. The van der Waals surface area contributed by atoms with Gasteiger partial charge in [-0.2, -0.15) is 4.98 Å². The highest BCUT2D eigenvalue weighted by Crippen LogP contribution is 2.24. The Bertz CT molecular complexity index is 857. The average Bonchev–Trinajstić information content (AvgIpc) is 3.12. The van der Waals surface area contributed by atoms with Gasteiger partial charge in [-0.25, -0.2) is 0 Å². The van der Waals surface area contributed by atoms with Crippen LogP contribution >= 0.6 is 0 Å². The third kappa shape index (κ3) is 3.84. The topological polar surface area (TPSA) is 111 Å². The van der Waals surface area contributed by atoms with Crippen LogP contribution in [0.2, 0.25) is 0 Å². The molecule has 1 unspecified atom stereocenters. The summed E-state index contributed by atoms with van der Waals surface area (Å²) in [6.07, 6.45) is 0.263. The standard InChI is InChI=1S/C18H17N3O4/c1-24-14-8-6-13(7-9-14)17-20-16(21-25-17)12-4-2-11(3-5-12)10-15(19)18(22)23/h2-9,15H,10,19H2,1H3,(H,22,23). The summed E-state index contributed by atoms with van der Waals surface area (Å²) in [6, 6.07) is 13.6. The van der Waals surface area contributed by atoms with Crippen LogP contribution in [0.25, 0.3) is 22.8 Å². The van der Waals surface area contributed by atoms with Crippen LogP contribution in [0.4, 0.5) is 0 Å². The first kappa shape index (κ1) is 16.7. The van der Waals surface area contributed by atoms with Crippen LogP contribution in [0.5, 0.6) is 5.75 Å². The molecule has 0 radical (unpaired) electrons. The van der Waals surface area contributed by atoms with E-state index in [1.54, 1.807) is 7.11 Å². The Balaban J connectivity index is 1.76. The summed E-state index contributed by atoms with van der Waals surface area (Å²) in [7, 11) is 1.60. The number of methoxy groups -OCH3 is 1. The number of rotatable bonds is 6. The number of hydrogen-bond donors (Lipinski definition) is 2. The Morgan fingerprint density at radius 2 is 1.80 bits per heavy atom. The maximum atomic E-state index is 10.8. The van der Waals surface area contributed by atoms with Crippen molar-refractivity contribution in [2.75, 3.05) is 7.11 Å². The van der Waals surface area contributed by atoms with E-state index in [0.29, 0.717) is 11.7 Å². The molecule has 0 spiro atoms. The maximum absolute atomic E-state index is 10.8. The minimum absolute atomic E-state index is 0.263. The van der Waals surface area contributed by atoms with Gasteiger partial charge in [0.25, 0.3) is 5.89 Å². The zero-order valence-corrected chi connectivity index (χ0v) is 13.5. The SMILES string of the molecule is COc1ccc(-c2nc(-c3ccc(CC(N)C(=O)O)cc3)no2)cc1. The molecule has 7 heteroatoms. The van der Waals surface area contributed by atoms with Crippen LogP contribution in [0.1, 0.15) is 5.56 Å². The second kappa shape index (κ2) is 7.14. The van der Waals surface area contributed by atoms with Crippen molar-refractivity contribution in [3.8, 4) is 28.6 Å². The molecule has 0 amide bonds. The maximum Gasteiger partial charge on any atom is 0.320 e. The minimum Gasteiger partial charge on any atom is -0.497 e. The molecule has 0 fully saturated rings. The van der Waals surface area contributed by atoms with Gasteiger partial charge in [0.15, 0.2) is 0 Å². The lowest BCUT2D eigenvalue weighted by Crippen LogP contribution is -2.32. The highest BCUT2D eigenvalue weighted by Gasteiger charge is 2.13. The van der Waals surface area contributed by atoms with E-state index in [9.17, 15) is 4.79 Å². The number of hydrogen-bond acceptors (Lipinski definition) is 6. The number of aliphatic carboxylic acids is 1. The Hall–Kier alpha value is -3.19. The third-order valence-corrected chi connectivity index (χ3v) is 3.75. The van der Waals surface area contributed by atoms with E-state index in [-0.39, 0.29) is 6.42 Å². The number of carboxylic acid groups (broad SMARTS) is 1. The lowest BCUT2D eigenvalue weighted by molar-refractivity contribution is -0.138. The summed E-state index contributed by atoms with van der Waals surface area (Å²) in [6.45, 7) is 0. The van der Waals surface area contributed by atoms with Crippen molar-refractivity contribution < 1.29 is 19.2 Å². The highest BCUT2D eigenvalue weighted by molar-refractivity contribution is 5.73. The van der Waals surface area contributed by atoms with E-state index in [4.69, 9.17) is 20.1 Å². The molecule has 25 heavy (non-hydrogen) atoms. The monoisotopic (exact) mass is 339 g/mol. The van der Waals surface area contributed by atoms with Crippen molar-refractivity contribution >= 4 is 5.97 Å². The van der Waals surface area contributed by atoms with Crippen LogP contribution in [0, 0.1) is 0 Å². The molecule has 3 N–H and O–H groups in total. The van der Waals surface area contributed by atoms with Gasteiger partial charge in [0.2, 0.25) is 5.82 Å². The number of carboxylic acids is 1. The Morgan fingerprint density at radius 3 is 2.40 bits per heavy atom. The van der Waals surface area contributed by atoms with Crippen molar-refractivity contribution in [2.24, 2.45) is 5.73 Å². The summed E-state index contributed by atoms with van der Waals surface area (Å²) in [4.78, 5) is 15.2. The number of nitrogens with zero attached hydrogens (tertiary/aromatic N) is 2. The van der Waals surface area contributed by atoms with E-state index < -0.39 is 12.0 Å². The number of nitrogens with two attached hydrogens (primary N) is 1. The fraction of sp³-hybridized carbons (Fsp3) is 0.167. The van der Waals surface area contributed by atoms with Crippen molar-refractivity contribution in [3.63, 3.8) is 0 Å². The predicted molar refractivity (Wildman–Crippen MR) is 91.0 cm³/mol. The van der Waals surface area contributed by atoms with Gasteiger partial charge in [0.1, 0.15) is 11.8 Å². The van der Waals surface area contributed by atoms with Gasteiger partial charge in [0, 0.05) is 11.1 Å². The molecule has 3 rings (SSSR count). The molecule has 7 nitrogen and oxygen atoms in total. The Labute approximate surface area is 144 Å².